The van der Waals surface area contributed by atoms with Gasteiger partial charge in [0.1, 0.15) is 0 Å². The van der Waals surface area contributed by atoms with Gasteiger partial charge in [-0.25, -0.2) is 0 Å². The zero-order valence-electron chi connectivity index (χ0n) is 10.0. The first kappa shape index (κ1) is 13.4. The smallest absolute Gasteiger partial charge is 0.0631 e. The van der Waals surface area contributed by atoms with Crippen molar-refractivity contribution in [1.82, 2.24) is 0 Å². The van der Waals surface area contributed by atoms with Crippen molar-refractivity contribution in [3.05, 3.63) is 27.1 Å². The van der Waals surface area contributed by atoms with E-state index in [1.54, 1.807) is 0 Å². The molecular weight excluding hydrogens is 346 g/mol. The third kappa shape index (κ3) is 3.46. The van der Waals surface area contributed by atoms with Crippen LogP contribution < -0.4 is 5.32 Å². The number of ether oxygens (including phenoxy) is 1. The summed E-state index contributed by atoms with van der Waals surface area (Å²) in [5.41, 5.74) is 1.14. The quantitative estimate of drug-likeness (QED) is 0.831. The van der Waals surface area contributed by atoms with Gasteiger partial charge in [0, 0.05) is 15.0 Å². The van der Waals surface area contributed by atoms with E-state index in [4.69, 9.17) is 4.74 Å². The Kier molecular flexibility index (Phi) is 4.50. The van der Waals surface area contributed by atoms with Crippen molar-refractivity contribution in [3.8, 4) is 0 Å². The van der Waals surface area contributed by atoms with E-state index in [1.807, 2.05) is 6.07 Å². The normalized spacial score (nSPS) is 29.1. The van der Waals surface area contributed by atoms with Gasteiger partial charge in [0.2, 0.25) is 0 Å². The second kappa shape index (κ2) is 5.72. The third-order valence-electron chi connectivity index (χ3n) is 3.01. The lowest BCUT2D eigenvalue weighted by Crippen LogP contribution is -2.37. The topological polar surface area (TPSA) is 21.3 Å². The molecule has 1 aliphatic rings. The van der Waals surface area contributed by atoms with Crippen LogP contribution in [0.15, 0.2) is 27.1 Å². The van der Waals surface area contributed by atoms with Crippen molar-refractivity contribution >= 4 is 37.5 Å². The number of hydrogen-bond acceptors (Lipinski definition) is 2. The molecule has 1 heterocycles. The van der Waals surface area contributed by atoms with Crippen LogP contribution in [0.1, 0.15) is 26.7 Å². The number of halogens is 2. The number of rotatable bonds is 2. The Morgan fingerprint density at radius 1 is 1.12 bits per heavy atom. The molecule has 0 amide bonds. The maximum Gasteiger partial charge on any atom is 0.0631 e. The average molecular weight is 363 g/mol. The van der Waals surface area contributed by atoms with Crippen LogP contribution in [0.3, 0.4) is 0 Å². The number of hydrogen-bond donors (Lipinski definition) is 1. The molecular formula is C13H17Br2NO. The fourth-order valence-electron chi connectivity index (χ4n) is 2.36. The predicted octanol–water partition coefficient (Wildman–Crippen LogP) is 4.58. The van der Waals surface area contributed by atoms with Gasteiger partial charge < -0.3 is 10.1 Å². The molecule has 17 heavy (non-hydrogen) atoms. The summed E-state index contributed by atoms with van der Waals surface area (Å²) in [5.74, 6) is 0. The highest BCUT2D eigenvalue weighted by molar-refractivity contribution is 9.11. The lowest BCUT2D eigenvalue weighted by atomic mass is 9.99. The molecule has 0 bridgehead atoms. The first-order valence-corrected chi connectivity index (χ1v) is 7.51. The predicted molar refractivity (Wildman–Crippen MR) is 78.5 cm³/mol. The van der Waals surface area contributed by atoms with Gasteiger partial charge in [0.05, 0.1) is 17.9 Å². The van der Waals surface area contributed by atoms with Gasteiger partial charge in [0.25, 0.3) is 0 Å². The largest absolute Gasteiger partial charge is 0.380 e. The summed E-state index contributed by atoms with van der Waals surface area (Å²) in [5, 5.41) is 3.60. The van der Waals surface area contributed by atoms with Crippen molar-refractivity contribution in [2.24, 2.45) is 0 Å². The maximum absolute atomic E-state index is 5.75. The summed E-state index contributed by atoms with van der Waals surface area (Å²) in [6.07, 6.45) is 2.77. The number of nitrogens with one attached hydrogen (secondary N) is 1. The molecule has 94 valence electrons. The van der Waals surface area contributed by atoms with Crippen LogP contribution in [0.25, 0.3) is 0 Å². The highest BCUT2D eigenvalue weighted by Gasteiger charge is 2.25. The Labute approximate surface area is 119 Å². The van der Waals surface area contributed by atoms with E-state index in [-0.39, 0.29) is 0 Å². The van der Waals surface area contributed by atoms with E-state index >= 15 is 0 Å². The summed E-state index contributed by atoms with van der Waals surface area (Å²) in [7, 11) is 0. The number of anilines is 1. The van der Waals surface area contributed by atoms with Gasteiger partial charge in [-0.1, -0.05) is 6.07 Å². The molecule has 1 saturated heterocycles. The third-order valence-corrected chi connectivity index (χ3v) is 4.33. The van der Waals surface area contributed by atoms with Gasteiger partial charge in [-0.3, -0.25) is 0 Å². The number of para-hydroxylation sites is 1. The molecule has 2 rings (SSSR count). The molecule has 1 aliphatic heterocycles. The zero-order chi connectivity index (χ0) is 12.4. The van der Waals surface area contributed by atoms with Crippen LogP contribution in [0.5, 0.6) is 0 Å². The molecule has 4 heteroatoms. The van der Waals surface area contributed by atoms with Crippen LogP contribution >= 0.6 is 31.9 Å². The summed E-state index contributed by atoms with van der Waals surface area (Å²) >= 11 is 7.16. The first-order chi connectivity index (χ1) is 8.06. The second-order valence-electron chi connectivity index (χ2n) is 4.67. The lowest BCUT2D eigenvalue weighted by Gasteiger charge is -2.33. The van der Waals surface area contributed by atoms with Crippen LogP contribution in [0.4, 0.5) is 5.69 Å². The Hall–Kier alpha value is -0.0600. The maximum atomic E-state index is 5.75. The Morgan fingerprint density at radius 3 is 2.18 bits per heavy atom. The van der Waals surface area contributed by atoms with Crippen molar-refractivity contribution in [1.29, 1.82) is 0 Å². The van der Waals surface area contributed by atoms with Gasteiger partial charge in [-0.15, -0.1) is 0 Å². The van der Waals surface area contributed by atoms with Gasteiger partial charge in [-0.05, 0) is 70.7 Å². The molecule has 2 atom stereocenters. The summed E-state index contributed by atoms with van der Waals surface area (Å²) in [6, 6.07) is 6.61. The fraction of sp³-hybridized carbons (Fsp3) is 0.538. The minimum absolute atomic E-state index is 0.331. The van der Waals surface area contributed by atoms with E-state index in [2.05, 4.69) is 63.2 Å². The van der Waals surface area contributed by atoms with Crippen LogP contribution in [0, 0.1) is 0 Å². The van der Waals surface area contributed by atoms with Gasteiger partial charge in [-0.2, -0.15) is 0 Å². The Balaban J connectivity index is 2.10. The SMILES string of the molecule is CC1CC(Nc2c(Br)cccc2Br)CC(C)O1. The summed E-state index contributed by atoms with van der Waals surface area (Å²) in [6.45, 7) is 4.28. The minimum Gasteiger partial charge on any atom is -0.380 e. The highest BCUT2D eigenvalue weighted by Crippen LogP contribution is 2.33. The van der Waals surface area contributed by atoms with Crippen molar-refractivity contribution in [2.45, 2.75) is 44.9 Å². The van der Waals surface area contributed by atoms with E-state index < -0.39 is 0 Å². The molecule has 1 fully saturated rings. The van der Waals surface area contributed by atoms with E-state index in [0.717, 1.165) is 27.5 Å². The standard InChI is InChI=1S/C13H17Br2NO/c1-8-6-10(7-9(2)17-8)16-13-11(14)4-3-5-12(13)15/h3-5,8-10,16H,6-7H2,1-2H3. The monoisotopic (exact) mass is 361 g/mol. The summed E-state index contributed by atoms with van der Waals surface area (Å²) in [4.78, 5) is 0. The summed E-state index contributed by atoms with van der Waals surface area (Å²) < 4.78 is 7.94. The van der Waals surface area contributed by atoms with E-state index in [0.29, 0.717) is 18.2 Å². The molecule has 0 aliphatic carbocycles. The zero-order valence-corrected chi connectivity index (χ0v) is 13.2. The van der Waals surface area contributed by atoms with Crippen molar-refractivity contribution < 1.29 is 4.74 Å². The molecule has 2 unspecified atom stereocenters. The van der Waals surface area contributed by atoms with Crippen molar-refractivity contribution in [2.75, 3.05) is 5.32 Å². The number of benzene rings is 1. The molecule has 0 radical (unpaired) electrons. The molecule has 2 nitrogen and oxygen atoms in total. The Morgan fingerprint density at radius 2 is 1.65 bits per heavy atom. The first-order valence-electron chi connectivity index (χ1n) is 5.92. The molecule has 1 N–H and O–H groups in total. The molecule has 0 saturated carbocycles. The van der Waals surface area contributed by atoms with Crippen LogP contribution in [-0.4, -0.2) is 18.2 Å². The Bertz CT molecular complexity index is 367. The lowest BCUT2D eigenvalue weighted by molar-refractivity contribution is -0.0337. The average Bonchev–Trinajstić information content (AvgIpc) is 2.22. The fourth-order valence-corrected chi connectivity index (χ4v) is 3.59. The van der Waals surface area contributed by atoms with Gasteiger partial charge >= 0.3 is 0 Å². The molecule has 1 aromatic rings. The van der Waals surface area contributed by atoms with Crippen molar-refractivity contribution in [3.63, 3.8) is 0 Å². The molecule has 1 aromatic carbocycles. The van der Waals surface area contributed by atoms with Gasteiger partial charge in [0.15, 0.2) is 0 Å². The molecule has 0 spiro atoms. The molecule has 0 aromatic heterocycles. The van der Waals surface area contributed by atoms with E-state index in [1.165, 1.54) is 0 Å². The van der Waals surface area contributed by atoms with E-state index in [9.17, 15) is 0 Å². The van der Waals surface area contributed by atoms with Crippen LogP contribution in [-0.2, 0) is 4.74 Å². The van der Waals surface area contributed by atoms with Crippen LogP contribution in [0.2, 0.25) is 0 Å². The second-order valence-corrected chi connectivity index (χ2v) is 6.38. The minimum atomic E-state index is 0.331. The highest BCUT2D eigenvalue weighted by atomic mass is 79.9.